The first-order valence-electron chi connectivity index (χ1n) is 9.09. The number of likely N-dealkylation sites (N-methyl/N-ethyl adjacent to an activating group) is 1. The molecule has 2 heterocycles. The third-order valence-corrected chi connectivity index (χ3v) is 4.62. The van der Waals surface area contributed by atoms with Crippen LogP contribution in [-0.2, 0) is 4.79 Å². The SMILES string of the molecule is C[C@H](NC(=O)c1ccccc1)C(=O)Nc1ccc(N2CCN(C)CC2)nc1. The molecule has 1 aromatic heterocycles. The van der Waals surface area contributed by atoms with Crippen LogP contribution in [0.1, 0.15) is 17.3 Å². The van der Waals surface area contributed by atoms with Crippen molar-refractivity contribution >= 4 is 23.3 Å². The number of amides is 2. The highest BCUT2D eigenvalue weighted by atomic mass is 16.2. The van der Waals surface area contributed by atoms with Gasteiger partial charge in [0.05, 0.1) is 11.9 Å². The second-order valence-electron chi connectivity index (χ2n) is 6.75. The molecule has 7 nitrogen and oxygen atoms in total. The molecule has 1 saturated heterocycles. The summed E-state index contributed by atoms with van der Waals surface area (Å²) in [5.41, 5.74) is 1.13. The maximum Gasteiger partial charge on any atom is 0.251 e. The Kier molecular flexibility index (Phi) is 6.03. The van der Waals surface area contributed by atoms with Gasteiger partial charge in [0.15, 0.2) is 0 Å². The molecule has 0 unspecified atom stereocenters. The van der Waals surface area contributed by atoms with E-state index in [1.165, 1.54) is 0 Å². The molecule has 27 heavy (non-hydrogen) atoms. The molecule has 1 fully saturated rings. The van der Waals surface area contributed by atoms with Gasteiger partial charge in [-0.3, -0.25) is 9.59 Å². The molecule has 0 bridgehead atoms. The van der Waals surface area contributed by atoms with Crippen LogP contribution in [-0.4, -0.2) is 61.0 Å². The van der Waals surface area contributed by atoms with Crippen molar-refractivity contribution in [3.8, 4) is 0 Å². The minimum atomic E-state index is -0.657. The van der Waals surface area contributed by atoms with Crippen LogP contribution in [0.5, 0.6) is 0 Å². The topological polar surface area (TPSA) is 77.6 Å². The highest BCUT2D eigenvalue weighted by Gasteiger charge is 2.18. The number of carbonyl (C=O) groups is 2. The number of aromatic nitrogens is 1. The Labute approximate surface area is 159 Å². The Bertz CT molecular complexity index is 771. The van der Waals surface area contributed by atoms with E-state index in [1.807, 2.05) is 18.2 Å². The minimum Gasteiger partial charge on any atom is -0.354 e. The number of hydrogen-bond acceptors (Lipinski definition) is 5. The third-order valence-electron chi connectivity index (χ3n) is 4.62. The van der Waals surface area contributed by atoms with E-state index in [9.17, 15) is 9.59 Å². The van der Waals surface area contributed by atoms with E-state index in [4.69, 9.17) is 0 Å². The van der Waals surface area contributed by atoms with Crippen molar-refractivity contribution in [2.24, 2.45) is 0 Å². The smallest absolute Gasteiger partial charge is 0.251 e. The Morgan fingerprint density at radius 2 is 1.74 bits per heavy atom. The zero-order valence-corrected chi connectivity index (χ0v) is 15.7. The monoisotopic (exact) mass is 367 g/mol. The number of nitrogens with one attached hydrogen (secondary N) is 2. The van der Waals surface area contributed by atoms with E-state index < -0.39 is 6.04 Å². The summed E-state index contributed by atoms with van der Waals surface area (Å²) < 4.78 is 0. The summed E-state index contributed by atoms with van der Waals surface area (Å²) in [5.74, 6) is 0.349. The molecule has 2 N–H and O–H groups in total. The van der Waals surface area contributed by atoms with Gasteiger partial charge in [0.2, 0.25) is 5.91 Å². The van der Waals surface area contributed by atoms with Crippen molar-refractivity contribution in [1.29, 1.82) is 0 Å². The molecule has 7 heteroatoms. The summed E-state index contributed by atoms with van der Waals surface area (Å²) in [6.07, 6.45) is 1.65. The van der Waals surface area contributed by atoms with Crippen LogP contribution in [0.15, 0.2) is 48.7 Å². The summed E-state index contributed by atoms with van der Waals surface area (Å²) in [6, 6.07) is 11.9. The number of anilines is 2. The first-order valence-corrected chi connectivity index (χ1v) is 9.09. The van der Waals surface area contributed by atoms with Crippen LogP contribution in [0.2, 0.25) is 0 Å². The van der Waals surface area contributed by atoms with E-state index >= 15 is 0 Å². The Balaban J connectivity index is 1.53. The molecule has 2 aromatic rings. The summed E-state index contributed by atoms with van der Waals surface area (Å²) >= 11 is 0. The molecule has 0 aliphatic carbocycles. The predicted molar refractivity (Wildman–Crippen MR) is 106 cm³/mol. The summed E-state index contributed by atoms with van der Waals surface area (Å²) in [5, 5.41) is 5.49. The van der Waals surface area contributed by atoms with E-state index in [2.05, 4.69) is 32.5 Å². The first kappa shape index (κ1) is 18.8. The van der Waals surface area contributed by atoms with Crippen LogP contribution in [0, 0.1) is 0 Å². The fourth-order valence-electron chi connectivity index (χ4n) is 2.87. The van der Waals surface area contributed by atoms with Gasteiger partial charge in [0.25, 0.3) is 5.91 Å². The van der Waals surface area contributed by atoms with Crippen molar-refractivity contribution in [2.45, 2.75) is 13.0 Å². The zero-order chi connectivity index (χ0) is 19.2. The molecular formula is C20H25N5O2. The van der Waals surface area contributed by atoms with Gasteiger partial charge in [-0.1, -0.05) is 18.2 Å². The molecule has 1 aromatic carbocycles. The van der Waals surface area contributed by atoms with Gasteiger partial charge in [-0.2, -0.15) is 0 Å². The largest absolute Gasteiger partial charge is 0.354 e. The molecule has 2 amide bonds. The van der Waals surface area contributed by atoms with E-state index in [-0.39, 0.29) is 11.8 Å². The molecule has 0 radical (unpaired) electrons. The lowest BCUT2D eigenvalue weighted by Gasteiger charge is -2.33. The average Bonchev–Trinajstić information content (AvgIpc) is 2.70. The van der Waals surface area contributed by atoms with Gasteiger partial charge in [0, 0.05) is 31.7 Å². The van der Waals surface area contributed by atoms with Gasteiger partial charge in [0.1, 0.15) is 11.9 Å². The highest BCUT2D eigenvalue weighted by molar-refractivity contribution is 6.00. The van der Waals surface area contributed by atoms with Gasteiger partial charge in [-0.25, -0.2) is 4.98 Å². The summed E-state index contributed by atoms with van der Waals surface area (Å²) in [6.45, 7) is 5.56. The van der Waals surface area contributed by atoms with Crippen LogP contribution >= 0.6 is 0 Å². The molecular weight excluding hydrogens is 342 g/mol. The summed E-state index contributed by atoms with van der Waals surface area (Å²) in [4.78, 5) is 33.4. The lowest BCUT2D eigenvalue weighted by molar-refractivity contribution is -0.117. The fraction of sp³-hybridized carbons (Fsp3) is 0.350. The Hall–Kier alpha value is -2.93. The van der Waals surface area contributed by atoms with Crippen molar-refractivity contribution in [3.05, 3.63) is 54.2 Å². The molecule has 0 spiro atoms. The fourth-order valence-corrected chi connectivity index (χ4v) is 2.87. The molecule has 3 rings (SSSR count). The highest BCUT2D eigenvalue weighted by Crippen LogP contribution is 2.16. The van der Waals surface area contributed by atoms with Crippen LogP contribution < -0.4 is 15.5 Å². The normalized spacial score (nSPS) is 15.9. The maximum absolute atomic E-state index is 12.3. The quantitative estimate of drug-likeness (QED) is 0.839. The second kappa shape index (κ2) is 8.64. The average molecular weight is 367 g/mol. The number of carbonyl (C=O) groups excluding carboxylic acids is 2. The molecule has 1 aliphatic rings. The molecule has 142 valence electrons. The van der Waals surface area contributed by atoms with Gasteiger partial charge in [-0.05, 0) is 38.2 Å². The first-order chi connectivity index (χ1) is 13.0. The maximum atomic E-state index is 12.3. The predicted octanol–water partition coefficient (Wildman–Crippen LogP) is 1.59. The number of hydrogen-bond donors (Lipinski definition) is 2. The van der Waals surface area contributed by atoms with Crippen molar-refractivity contribution in [1.82, 2.24) is 15.2 Å². The van der Waals surface area contributed by atoms with Crippen molar-refractivity contribution in [3.63, 3.8) is 0 Å². The number of pyridine rings is 1. The van der Waals surface area contributed by atoms with Crippen LogP contribution in [0.4, 0.5) is 11.5 Å². The minimum absolute atomic E-state index is 0.276. The van der Waals surface area contributed by atoms with Crippen LogP contribution in [0.25, 0.3) is 0 Å². The zero-order valence-electron chi connectivity index (χ0n) is 15.7. The molecule has 0 saturated carbocycles. The van der Waals surface area contributed by atoms with E-state index in [1.54, 1.807) is 37.4 Å². The van der Waals surface area contributed by atoms with Gasteiger partial charge < -0.3 is 20.4 Å². The van der Waals surface area contributed by atoms with Gasteiger partial charge >= 0.3 is 0 Å². The van der Waals surface area contributed by atoms with Crippen molar-refractivity contribution < 1.29 is 9.59 Å². The number of rotatable bonds is 5. The van der Waals surface area contributed by atoms with Gasteiger partial charge in [-0.15, -0.1) is 0 Å². The summed E-state index contributed by atoms with van der Waals surface area (Å²) in [7, 11) is 2.11. The standard InChI is InChI=1S/C20H25N5O2/c1-15(22-20(27)16-6-4-3-5-7-16)19(26)23-17-8-9-18(21-14-17)25-12-10-24(2)11-13-25/h3-9,14-15H,10-13H2,1-2H3,(H,22,27)(H,23,26)/t15-/m0/s1. The second-order valence-corrected chi connectivity index (χ2v) is 6.75. The number of piperazine rings is 1. The third kappa shape index (κ3) is 5.04. The van der Waals surface area contributed by atoms with E-state index in [0.29, 0.717) is 11.3 Å². The lowest BCUT2D eigenvalue weighted by atomic mass is 10.2. The molecule has 1 aliphatic heterocycles. The Morgan fingerprint density at radius 1 is 1.04 bits per heavy atom. The molecule has 1 atom stereocenters. The van der Waals surface area contributed by atoms with Crippen LogP contribution in [0.3, 0.4) is 0 Å². The van der Waals surface area contributed by atoms with E-state index in [0.717, 1.165) is 32.0 Å². The lowest BCUT2D eigenvalue weighted by Crippen LogP contribution is -2.44. The Morgan fingerprint density at radius 3 is 2.37 bits per heavy atom. The number of benzene rings is 1. The van der Waals surface area contributed by atoms with Crippen molar-refractivity contribution in [2.75, 3.05) is 43.4 Å². The number of nitrogens with zero attached hydrogens (tertiary/aromatic N) is 3.